The summed E-state index contributed by atoms with van der Waals surface area (Å²) in [7, 11) is 0. The van der Waals surface area contributed by atoms with Crippen molar-refractivity contribution in [1.82, 2.24) is 15.2 Å². The first kappa shape index (κ1) is 24.1. The average Bonchev–Trinajstić information content (AvgIpc) is 3.19. The molecule has 0 radical (unpaired) electrons. The van der Waals surface area contributed by atoms with E-state index in [-0.39, 0.29) is 29.4 Å². The number of hydrogen-bond donors (Lipinski definition) is 5. The van der Waals surface area contributed by atoms with Gasteiger partial charge in [0.2, 0.25) is 0 Å². The van der Waals surface area contributed by atoms with Crippen LogP contribution in [0, 0.1) is 6.92 Å². The van der Waals surface area contributed by atoms with Crippen molar-refractivity contribution in [3.05, 3.63) is 58.1 Å². The minimum absolute atomic E-state index is 0.0352. The van der Waals surface area contributed by atoms with Gasteiger partial charge in [-0.3, -0.25) is 9.80 Å². The molecule has 0 saturated carbocycles. The van der Waals surface area contributed by atoms with E-state index >= 15 is 0 Å². The van der Waals surface area contributed by atoms with Crippen LogP contribution in [0.3, 0.4) is 0 Å². The number of allylic oxidation sites excluding steroid dienone is 2. The number of nitrogens with one attached hydrogen (secondary N) is 1. The van der Waals surface area contributed by atoms with Crippen LogP contribution in [0.4, 0.5) is 0 Å². The smallest absolute Gasteiger partial charge is 0.338 e. The van der Waals surface area contributed by atoms with E-state index in [1.165, 1.54) is 17.7 Å². The van der Waals surface area contributed by atoms with Crippen molar-refractivity contribution < 1.29 is 14.3 Å². The largest absolute Gasteiger partial charge is 0.457 e. The van der Waals surface area contributed by atoms with Gasteiger partial charge in [-0.15, -0.1) is 0 Å². The van der Waals surface area contributed by atoms with E-state index in [0.29, 0.717) is 12.2 Å². The molecule has 178 valence electrons. The second-order valence-electron chi connectivity index (χ2n) is 8.18. The van der Waals surface area contributed by atoms with Gasteiger partial charge in [-0.1, -0.05) is 6.07 Å². The summed E-state index contributed by atoms with van der Waals surface area (Å²) >= 11 is 0. The highest BCUT2D eigenvalue weighted by Crippen LogP contribution is 2.26. The van der Waals surface area contributed by atoms with Crippen LogP contribution >= 0.6 is 0 Å². The van der Waals surface area contributed by atoms with Crippen LogP contribution in [0.2, 0.25) is 0 Å². The maximum Gasteiger partial charge on any atom is 0.338 e. The number of benzene rings is 1. The Bertz CT molecular complexity index is 980. The van der Waals surface area contributed by atoms with Gasteiger partial charge < -0.3 is 32.3 Å². The first-order valence-corrected chi connectivity index (χ1v) is 10.8. The lowest BCUT2D eigenvalue weighted by molar-refractivity contribution is -0.118. The number of hydrazine groups is 1. The Morgan fingerprint density at radius 3 is 2.73 bits per heavy atom. The quantitative estimate of drug-likeness (QED) is 0.0656. The molecule has 1 saturated heterocycles. The van der Waals surface area contributed by atoms with Crippen LogP contribution in [0.15, 0.2) is 40.9 Å². The molecule has 9 N–H and O–H groups in total. The summed E-state index contributed by atoms with van der Waals surface area (Å²) in [5, 5.41) is 7.23. The monoisotopic (exact) mass is 456 g/mol. The maximum atomic E-state index is 12.4. The molecule has 1 aromatic carbocycles. The topological polar surface area (TPSA) is 178 Å². The van der Waals surface area contributed by atoms with Crippen molar-refractivity contribution >= 4 is 18.2 Å². The van der Waals surface area contributed by atoms with E-state index in [1.807, 2.05) is 12.1 Å². The summed E-state index contributed by atoms with van der Waals surface area (Å²) in [6.07, 6.45) is 6.51. The van der Waals surface area contributed by atoms with Crippen molar-refractivity contribution in [2.45, 2.75) is 38.8 Å². The van der Waals surface area contributed by atoms with Crippen molar-refractivity contribution in [2.24, 2.45) is 28.3 Å². The molecule has 1 fully saturated rings. The van der Waals surface area contributed by atoms with E-state index in [9.17, 15) is 9.59 Å². The third-order valence-electron chi connectivity index (χ3n) is 6.08. The first-order valence-electron chi connectivity index (χ1n) is 10.8. The third kappa shape index (κ3) is 6.02. The van der Waals surface area contributed by atoms with Gasteiger partial charge in [0.05, 0.1) is 11.3 Å². The normalized spacial score (nSPS) is 17.8. The Kier molecular flexibility index (Phi) is 7.91. The molecule has 1 amide bonds. The van der Waals surface area contributed by atoms with E-state index in [2.05, 4.69) is 22.2 Å². The van der Waals surface area contributed by atoms with Crippen molar-refractivity contribution in [3.63, 3.8) is 0 Å². The van der Waals surface area contributed by atoms with Crippen LogP contribution in [0.25, 0.3) is 0 Å². The molecule has 2 aliphatic heterocycles. The standard InChI is InChI=1S/C22H32N8O3/c1-14-15(2-3-17-18(14)12-33-22(17)32)6-9-29-10-7-16(8-11-29)28-21(31)19(23)4-5-20(24)30(26)13-27-25/h2-5,13,16H,6-12,23-26H2,1H3,(H,28,31)/b19-4-,20-5+,27-13-. The number of esters is 1. The third-order valence-corrected chi connectivity index (χ3v) is 6.08. The second-order valence-corrected chi connectivity index (χ2v) is 8.18. The Morgan fingerprint density at radius 2 is 2.03 bits per heavy atom. The van der Waals surface area contributed by atoms with Gasteiger partial charge in [-0.2, -0.15) is 5.10 Å². The summed E-state index contributed by atoms with van der Waals surface area (Å²) in [6.45, 7) is 5.10. The van der Waals surface area contributed by atoms with E-state index < -0.39 is 0 Å². The summed E-state index contributed by atoms with van der Waals surface area (Å²) in [5.74, 6) is 10.1. The van der Waals surface area contributed by atoms with Crippen molar-refractivity contribution in [2.75, 3.05) is 19.6 Å². The maximum absolute atomic E-state index is 12.4. The van der Waals surface area contributed by atoms with E-state index in [4.69, 9.17) is 27.9 Å². The molecule has 0 unspecified atom stereocenters. The number of carbonyl (C=O) groups excluding carboxylic acids is 2. The molecule has 2 aliphatic rings. The van der Waals surface area contributed by atoms with Crippen molar-refractivity contribution in [1.29, 1.82) is 0 Å². The van der Waals surface area contributed by atoms with Crippen molar-refractivity contribution in [3.8, 4) is 0 Å². The summed E-state index contributed by atoms with van der Waals surface area (Å²) in [6, 6.07) is 3.95. The van der Waals surface area contributed by atoms with Crippen LogP contribution < -0.4 is 28.5 Å². The number of piperidine rings is 1. The summed E-state index contributed by atoms with van der Waals surface area (Å²) in [5.41, 5.74) is 15.7. The lowest BCUT2D eigenvalue weighted by Crippen LogP contribution is -2.46. The number of nitrogens with zero attached hydrogens (tertiary/aromatic N) is 3. The van der Waals surface area contributed by atoms with Crippen LogP contribution in [0.1, 0.15) is 39.9 Å². The highest BCUT2D eigenvalue weighted by atomic mass is 16.5. The Morgan fingerprint density at radius 1 is 1.30 bits per heavy atom. The number of amides is 1. The number of ether oxygens (including phenoxy) is 1. The SMILES string of the molecule is Cc1c(CCN2CCC(NC(=O)/C(N)=C/C=C(\N)N(N)/C=N\N)CC2)ccc2c1COC2=O. The minimum Gasteiger partial charge on any atom is -0.457 e. The molecule has 0 aromatic heterocycles. The van der Waals surface area contributed by atoms with Crippen LogP contribution in [-0.2, 0) is 22.6 Å². The molecule has 0 spiro atoms. The van der Waals surface area contributed by atoms with Gasteiger partial charge in [0.15, 0.2) is 0 Å². The predicted octanol–water partition coefficient (Wildman–Crippen LogP) is -0.491. The van der Waals surface area contributed by atoms with Gasteiger partial charge in [0.1, 0.15) is 18.8 Å². The summed E-state index contributed by atoms with van der Waals surface area (Å²) in [4.78, 5) is 26.4. The fourth-order valence-electron chi connectivity index (χ4n) is 3.99. The minimum atomic E-state index is -0.348. The highest BCUT2D eigenvalue weighted by molar-refractivity contribution is 5.94. The molecule has 2 heterocycles. The van der Waals surface area contributed by atoms with E-state index in [0.717, 1.165) is 61.4 Å². The van der Waals surface area contributed by atoms with Gasteiger partial charge >= 0.3 is 5.97 Å². The fourth-order valence-corrected chi connectivity index (χ4v) is 3.99. The number of hydrogen-bond acceptors (Lipinski definition) is 9. The molecule has 0 atom stereocenters. The number of nitrogens with two attached hydrogens (primary N) is 4. The Balaban J connectivity index is 1.45. The zero-order valence-electron chi connectivity index (χ0n) is 18.8. The number of likely N-dealkylation sites (tertiary alicyclic amines) is 1. The highest BCUT2D eigenvalue weighted by Gasteiger charge is 2.25. The number of cyclic esters (lactones) is 1. The van der Waals surface area contributed by atoms with Gasteiger partial charge in [0, 0.05) is 31.2 Å². The molecular weight excluding hydrogens is 424 g/mol. The van der Waals surface area contributed by atoms with E-state index in [1.54, 1.807) is 0 Å². The lowest BCUT2D eigenvalue weighted by Gasteiger charge is -2.32. The van der Waals surface area contributed by atoms with Gasteiger partial charge in [-0.25, -0.2) is 10.6 Å². The zero-order chi connectivity index (χ0) is 24.0. The number of fused-ring (bicyclic) bond motifs is 1. The molecule has 11 heteroatoms. The molecule has 1 aromatic rings. The summed E-state index contributed by atoms with van der Waals surface area (Å²) < 4.78 is 5.14. The second kappa shape index (κ2) is 10.8. The molecule has 0 bridgehead atoms. The van der Waals surface area contributed by atoms with Gasteiger partial charge in [0.25, 0.3) is 5.91 Å². The number of rotatable bonds is 8. The predicted molar refractivity (Wildman–Crippen MR) is 125 cm³/mol. The first-order chi connectivity index (χ1) is 15.8. The molecule has 11 nitrogen and oxygen atoms in total. The van der Waals surface area contributed by atoms with Crippen LogP contribution in [0.5, 0.6) is 0 Å². The zero-order valence-corrected chi connectivity index (χ0v) is 18.8. The lowest BCUT2D eigenvalue weighted by atomic mass is 9.96. The molecular formula is C22H32N8O3. The molecule has 0 aliphatic carbocycles. The average molecular weight is 457 g/mol. The fraction of sp³-hybridized carbons (Fsp3) is 0.409. The Labute approximate surface area is 193 Å². The molecule has 3 rings (SSSR count). The number of hydrazone groups is 1. The molecule has 33 heavy (non-hydrogen) atoms. The Hall–Kier alpha value is -3.57. The van der Waals surface area contributed by atoms with Gasteiger partial charge in [-0.05, 0) is 55.5 Å². The van der Waals surface area contributed by atoms with Crippen LogP contribution in [-0.4, -0.2) is 53.8 Å². The number of carbonyl (C=O) groups is 2.